The van der Waals surface area contributed by atoms with Crippen LogP contribution in [0.1, 0.15) is 11.3 Å². The molecular formula is C21H14ClNO2S2. The summed E-state index contributed by atoms with van der Waals surface area (Å²) < 4.78 is 6.38. The Morgan fingerprint density at radius 2 is 1.81 bits per heavy atom. The minimum Gasteiger partial charge on any atom is -0.457 e. The summed E-state index contributed by atoms with van der Waals surface area (Å²) >= 11 is 12.9. The number of anilines is 1. The molecule has 4 rings (SSSR count). The van der Waals surface area contributed by atoms with Gasteiger partial charge in [-0.25, -0.2) is 0 Å². The van der Waals surface area contributed by atoms with Gasteiger partial charge in [0.1, 0.15) is 11.5 Å². The minimum atomic E-state index is -0.144. The first-order valence-electron chi connectivity index (χ1n) is 8.23. The number of carbonyl (C=O) groups excluding carboxylic acids is 1. The van der Waals surface area contributed by atoms with E-state index in [1.54, 1.807) is 11.0 Å². The molecule has 0 spiro atoms. The molecule has 1 aliphatic rings. The van der Waals surface area contributed by atoms with E-state index in [0.29, 0.717) is 25.8 Å². The van der Waals surface area contributed by atoms with Gasteiger partial charge in [0.05, 0.1) is 15.6 Å². The highest BCUT2D eigenvalue weighted by molar-refractivity contribution is 8.27. The zero-order chi connectivity index (χ0) is 19.0. The number of furan rings is 1. The van der Waals surface area contributed by atoms with E-state index >= 15 is 0 Å². The second-order valence-corrected chi connectivity index (χ2v) is 8.07. The number of aryl methyl sites for hydroxylation is 1. The number of benzene rings is 2. The predicted octanol–water partition coefficient (Wildman–Crippen LogP) is 6.31. The molecule has 1 aliphatic heterocycles. The molecule has 2 heterocycles. The number of rotatable bonds is 3. The lowest BCUT2D eigenvalue weighted by molar-refractivity contribution is -0.113. The number of amides is 1. The maximum absolute atomic E-state index is 12.9. The Hall–Kier alpha value is -2.34. The van der Waals surface area contributed by atoms with Gasteiger partial charge in [0.2, 0.25) is 0 Å². The number of hydrogen-bond donors (Lipinski definition) is 0. The number of para-hydroxylation sites is 1. The highest BCUT2D eigenvalue weighted by atomic mass is 35.5. The Kier molecular flexibility index (Phi) is 4.91. The second-order valence-electron chi connectivity index (χ2n) is 5.99. The molecule has 0 N–H and O–H groups in total. The van der Waals surface area contributed by atoms with Gasteiger partial charge in [-0.3, -0.25) is 9.69 Å². The molecule has 1 aromatic heterocycles. The molecule has 0 radical (unpaired) electrons. The first kappa shape index (κ1) is 18.0. The van der Waals surface area contributed by atoms with Gasteiger partial charge in [-0.1, -0.05) is 65.9 Å². The second kappa shape index (κ2) is 7.35. The molecule has 6 heteroatoms. The van der Waals surface area contributed by atoms with E-state index in [1.165, 1.54) is 11.8 Å². The van der Waals surface area contributed by atoms with Gasteiger partial charge in [0.25, 0.3) is 5.91 Å². The third-order valence-electron chi connectivity index (χ3n) is 4.19. The van der Waals surface area contributed by atoms with E-state index in [-0.39, 0.29) is 5.91 Å². The normalized spacial score (nSPS) is 15.8. The van der Waals surface area contributed by atoms with Crippen LogP contribution >= 0.6 is 35.6 Å². The van der Waals surface area contributed by atoms with Crippen LogP contribution in [0.2, 0.25) is 5.02 Å². The fourth-order valence-corrected chi connectivity index (χ4v) is 4.35. The van der Waals surface area contributed by atoms with Crippen LogP contribution in [0.25, 0.3) is 17.4 Å². The molecule has 1 amide bonds. The molecule has 0 saturated carbocycles. The maximum Gasteiger partial charge on any atom is 0.270 e. The molecule has 0 atom stereocenters. The summed E-state index contributed by atoms with van der Waals surface area (Å²) in [4.78, 5) is 15.0. The van der Waals surface area contributed by atoms with Crippen molar-refractivity contribution in [2.24, 2.45) is 0 Å². The number of thioether (sulfide) groups is 1. The first-order valence-corrected chi connectivity index (χ1v) is 9.83. The maximum atomic E-state index is 12.9. The van der Waals surface area contributed by atoms with E-state index in [1.807, 2.05) is 67.6 Å². The Morgan fingerprint density at radius 3 is 2.59 bits per heavy atom. The van der Waals surface area contributed by atoms with Crippen molar-refractivity contribution in [3.63, 3.8) is 0 Å². The molecule has 134 valence electrons. The van der Waals surface area contributed by atoms with Crippen molar-refractivity contribution in [1.82, 2.24) is 0 Å². The lowest BCUT2D eigenvalue weighted by Gasteiger charge is -2.16. The fraction of sp³-hybridized carbons (Fsp3) is 0.0476. The van der Waals surface area contributed by atoms with E-state index in [4.69, 9.17) is 28.2 Å². The molecule has 1 fully saturated rings. The molecular weight excluding hydrogens is 398 g/mol. The largest absolute Gasteiger partial charge is 0.457 e. The van der Waals surface area contributed by atoms with Crippen molar-refractivity contribution in [3.8, 4) is 11.3 Å². The van der Waals surface area contributed by atoms with Crippen molar-refractivity contribution < 1.29 is 9.21 Å². The van der Waals surface area contributed by atoms with Crippen molar-refractivity contribution in [2.45, 2.75) is 6.92 Å². The lowest BCUT2D eigenvalue weighted by Crippen LogP contribution is -2.28. The van der Waals surface area contributed by atoms with Crippen molar-refractivity contribution >= 4 is 57.6 Å². The van der Waals surface area contributed by atoms with E-state index in [0.717, 1.165) is 16.8 Å². The quantitative estimate of drug-likeness (QED) is 0.373. The summed E-state index contributed by atoms with van der Waals surface area (Å²) in [6.45, 7) is 1.96. The number of nitrogens with zero attached hydrogens (tertiary/aromatic N) is 1. The molecule has 27 heavy (non-hydrogen) atoms. The Labute approximate surface area is 171 Å². The van der Waals surface area contributed by atoms with Crippen LogP contribution < -0.4 is 4.90 Å². The van der Waals surface area contributed by atoms with Gasteiger partial charge in [-0.2, -0.15) is 0 Å². The highest BCUT2D eigenvalue weighted by Crippen LogP contribution is 2.38. The van der Waals surface area contributed by atoms with Crippen molar-refractivity contribution in [3.05, 3.63) is 81.9 Å². The molecule has 1 saturated heterocycles. The van der Waals surface area contributed by atoms with Gasteiger partial charge in [-0.15, -0.1) is 0 Å². The highest BCUT2D eigenvalue weighted by Gasteiger charge is 2.34. The smallest absolute Gasteiger partial charge is 0.270 e. The van der Waals surface area contributed by atoms with Crippen LogP contribution in [0.4, 0.5) is 5.69 Å². The minimum absolute atomic E-state index is 0.144. The summed E-state index contributed by atoms with van der Waals surface area (Å²) in [6.07, 6.45) is 1.72. The predicted molar refractivity (Wildman–Crippen MR) is 116 cm³/mol. The Balaban J connectivity index is 1.64. The molecule has 3 aromatic rings. The van der Waals surface area contributed by atoms with E-state index < -0.39 is 0 Å². The summed E-state index contributed by atoms with van der Waals surface area (Å²) in [5.41, 5.74) is 2.61. The Morgan fingerprint density at radius 1 is 1.07 bits per heavy atom. The van der Waals surface area contributed by atoms with Crippen LogP contribution in [0.5, 0.6) is 0 Å². The van der Waals surface area contributed by atoms with Crippen LogP contribution in [-0.2, 0) is 4.79 Å². The summed E-state index contributed by atoms with van der Waals surface area (Å²) in [5, 5.41) is 0.615. The first-order chi connectivity index (χ1) is 13.0. The SMILES string of the molecule is Cc1ccccc1N1C(=O)C(=Cc2ccc(-c3ccccc3Cl)o2)SC1=S. The van der Waals surface area contributed by atoms with Gasteiger partial charge in [-0.05, 0) is 42.8 Å². The van der Waals surface area contributed by atoms with Crippen LogP contribution in [0.3, 0.4) is 0 Å². The lowest BCUT2D eigenvalue weighted by atomic mass is 10.2. The number of thiocarbonyl (C=S) groups is 1. The van der Waals surface area contributed by atoms with Gasteiger partial charge >= 0.3 is 0 Å². The van der Waals surface area contributed by atoms with Gasteiger partial charge in [0, 0.05) is 11.6 Å². The van der Waals surface area contributed by atoms with E-state index in [9.17, 15) is 4.79 Å². The molecule has 0 aliphatic carbocycles. The summed E-state index contributed by atoms with van der Waals surface area (Å²) in [7, 11) is 0. The standard InChI is InChI=1S/C21H14ClNO2S2/c1-13-6-2-5-9-17(13)23-20(24)19(27-21(23)26)12-14-10-11-18(25-14)15-7-3-4-8-16(15)22/h2-12H,1H3. The van der Waals surface area contributed by atoms with Gasteiger partial charge < -0.3 is 4.42 Å². The number of halogens is 1. The van der Waals surface area contributed by atoms with Crippen molar-refractivity contribution in [1.29, 1.82) is 0 Å². The zero-order valence-corrected chi connectivity index (χ0v) is 16.7. The average molecular weight is 412 g/mol. The Bertz CT molecular complexity index is 1090. The third-order valence-corrected chi connectivity index (χ3v) is 5.82. The number of carbonyl (C=O) groups is 1. The van der Waals surface area contributed by atoms with Crippen LogP contribution in [0, 0.1) is 6.92 Å². The van der Waals surface area contributed by atoms with E-state index in [2.05, 4.69) is 0 Å². The fourth-order valence-electron chi connectivity index (χ4n) is 2.86. The molecule has 0 bridgehead atoms. The topological polar surface area (TPSA) is 33.5 Å². The summed E-state index contributed by atoms with van der Waals surface area (Å²) in [6, 6.07) is 18.8. The summed E-state index contributed by atoms with van der Waals surface area (Å²) in [5.74, 6) is 1.09. The number of hydrogen-bond acceptors (Lipinski definition) is 4. The van der Waals surface area contributed by atoms with Crippen LogP contribution in [0.15, 0.2) is 70.0 Å². The molecule has 2 aromatic carbocycles. The monoisotopic (exact) mass is 411 g/mol. The zero-order valence-electron chi connectivity index (χ0n) is 14.3. The van der Waals surface area contributed by atoms with Crippen molar-refractivity contribution in [2.75, 3.05) is 4.90 Å². The van der Waals surface area contributed by atoms with Crippen LogP contribution in [-0.4, -0.2) is 10.2 Å². The molecule has 3 nitrogen and oxygen atoms in total. The van der Waals surface area contributed by atoms with Gasteiger partial charge in [0.15, 0.2) is 4.32 Å². The average Bonchev–Trinajstić information content (AvgIpc) is 3.21. The molecule has 0 unspecified atom stereocenters. The third kappa shape index (κ3) is 3.46.